The standard InChI is InChI=1S/C22H19BrN2O4S/c1-3-28-18-9-16(17(23)11-19(18)29-4-2)10-20-21(26)25(22(27)30-20)13-15-8-6-5-7-14(15)12-24/h5-11H,3-4,13H2,1-2H3/b20-10+. The summed E-state index contributed by atoms with van der Waals surface area (Å²) in [7, 11) is 0. The molecule has 0 radical (unpaired) electrons. The van der Waals surface area contributed by atoms with Crippen LogP contribution in [0.2, 0.25) is 0 Å². The number of nitriles is 1. The molecular weight excluding hydrogens is 468 g/mol. The predicted octanol–water partition coefficient (Wildman–Crippen LogP) is 5.35. The minimum atomic E-state index is -0.392. The lowest BCUT2D eigenvalue weighted by Gasteiger charge is -2.14. The van der Waals surface area contributed by atoms with Gasteiger partial charge in [0.15, 0.2) is 11.5 Å². The highest BCUT2D eigenvalue weighted by Gasteiger charge is 2.35. The minimum Gasteiger partial charge on any atom is -0.490 e. The van der Waals surface area contributed by atoms with Crippen LogP contribution in [-0.4, -0.2) is 29.3 Å². The van der Waals surface area contributed by atoms with E-state index < -0.39 is 5.91 Å². The average molecular weight is 487 g/mol. The lowest BCUT2D eigenvalue weighted by atomic mass is 10.1. The zero-order chi connectivity index (χ0) is 21.7. The highest BCUT2D eigenvalue weighted by Crippen LogP contribution is 2.38. The molecule has 2 aromatic carbocycles. The van der Waals surface area contributed by atoms with Gasteiger partial charge in [-0.05, 0) is 61.0 Å². The Kier molecular flexibility index (Phi) is 7.19. The van der Waals surface area contributed by atoms with Crippen LogP contribution >= 0.6 is 27.7 Å². The van der Waals surface area contributed by atoms with Gasteiger partial charge in [-0.15, -0.1) is 0 Å². The Labute approximate surface area is 187 Å². The number of carbonyl (C=O) groups excluding carboxylic acids is 2. The number of hydrogen-bond donors (Lipinski definition) is 0. The molecule has 0 bridgehead atoms. The quantitative estimate of drug-likeness (QED) is 0.490. The second kappa shape index (κ2) is 9.83. The molecule has 2 aromatic rings. The van der Waals surface area contributed by atoms with Crippen molar-refractivity contribution in [3.05, 3.63) is 62.5 Å². The monoisotopic (exact) mass is 486 g/mol. The largest absolute Gasteiger partial charge is 0.490 e. The molecule has 3 rings (SSSR count). The molecule has 154 valence electrons. The topological polar surface area (TPSA) is 79.6 Å². The summed E-state index contributed by atoms with van der Waals surface area (Å²) in [6, 6.07) is 12.6. The Morgan fingerprint density at radius 1 is 1.13 bits per heavy atom. The predicted molar refractivity (Wildman–Crippen MR) is 119 cm³/mol. The molecule has 1 aliphatic rings. The van der Waals surface area contributed by atoms with Crippen molar-refractivity contribution in [2.75, 3.05) is 13.2 Å². The van der Waals surface area contributed by atoms with Gasteiger partial charge in [0.1, 0.15) is 0 Å². The van der Waals surface area contributed by atoms with Gasteiger partial charge in [0.25, 0.3) is 11.1 Å². The first-order valence-corrected chi connectivity index (χ1v) is 10.9. The molecule has 0 spiro atoms. The number of hydrogen-bond acceptors (Lipinski definition) is 6. The van der Waals surface area contributed by atoms with E-state index in [1.165, 1.54) is 0 Å². The second-order valence-corrected chi connectivity index (χ2v) is 8.07. The first-order chi connectivity index (χ1) is 14.5. The molecule has 1 fully saturated rings. The number of halogens is 1. The van der Waals surface area contributed by atoms with E-state index in [1.54, 1.807) is 42.5 Å². The number of nitrogens with zero attached hydrogens (tertiary/aromatic N) is 2. The van der Waals surface area contributed by atoms with Gasteiger partial charge in [-0.1, -0.05) is 34.1 Å². The zero-order valence-electron chi connectivity index (χ0n) is 16.5. The number of thioether (sulfide) groups is 1. The first-order valence-electron chi connectivity index (χ1n) is 9.31. The second-order valence-electron chi connectivity index (χ2n) is 6.22. The van der Waals surface area contributed by atoms with E-state index in [0.29, 0.717) is 46.3 Å². The Bertz CT molecular complexity index is 1060. The maximum Gasteiger partial charge on any atom is 0.293 e. The fraction of sp³-hybridized carbons (Fsp3) is 0.227. The van der Waals surface area contributed by atoms with Crippen molar-refractivity contribution < 1.29 is 19.1 Å². The minimum absolute atomic E-state index is 0.0559. The normalized spacial score (nSPS) is 14.9. The third kappa shape index (κ3) is 4.69. The number of rotatable bonds is 7. The summed E-state index contributed by atoms with van der Waals surface area (Å²) in [5, 5.41) is 8.88. The highest BCUT2D eigenvalue weighted by molar-refractivity contribution is 9.10. The fourth-order valence-corrected chi connectivity index (χ4v) is 4.18. The van der Waals surface area contributed by atoms with Crippen molar-refractivity contribution in [3.8, 4) is 17.6 Å². The van der Waals surface area contributed by atoms with Crippen LogP contribution < -0.4 is 9.47 Å². The third-order valence-corrected chi connectivity index (χ3v) is 5.88. The van der Waals surface area contributed by atoms with Crippen LogP contribution in [0.1, 0.15) is 30.5 Å². The number of carbonyl (C=O) groups is 2. The molecule has 30 heavy (non-hydrogen) atoms. The molecule has 0 unspecified atom stereocenters. The van der Waals surface area contributed by atoms with Crippen LogP contribution in [0.5, 0.6) is 11.5 Å². The van der Waals surface area contributed by atoms with Gasteiger partial charge >= 0.3 is 0 Å². The van der Waals surface area contributed by atoms with E-state index in [4.69, 9.17) is 9.47 Å². The van der Waals surface area contributed by atoms with Gasteiger partial charge in [-0.25, -0.2) is 0 Å². The number of imide groups is 1. The zero-order valence-corrected chi connectivity index (χ0v) is 18.9. The Hall–Kier alpha value is -2.76. The van der Waals surface area contributed by atoms with Crippen LogP contribution in [0.3, 0.4) is 0 Å². The summed E-state index contributed by atoms with van der Waals surface area (Å²) in [4.78, 5) is 26.8. The van der Waals surface area contributed by atoms with Crippen LogP contribution in [0.4, 0.5) is 4.79 Å². The van der Waals surface area contributed by atoms with Crippen LogP contribution in [-0.2, 0) is 11.3 Å². The summed E-state index contributed by atoms with van der Waals surface area (Å²) in [6.45, 7) is 4.78. The van der Waals surface area contributed by atoms with E-state index in [0.717, 1.165) is 21.1 Å². The molecule has 1 saturated heterocycles. The van der Waals surface area contributed by atoms with Gasteiger partial charge < -0.3 is 9.47 Å². The summed E-state index contributed by atoms with van der Waals surface area (Å²) < 4.78 is 12.0. The molecule has 8 heteroatoms. The maximum atomic E-state index is 12.9. The van der Waals surface area contributed by atoms with Gasteiger partial charge in [0.2, 0.25) is 0 Å². The molecule has 0 N–H and O–H groups in total. The molecule has 0 saturated carbocycles. The van der Waals surface area contributed by atoms with Gasteiger partial charge in [0, 0.05) is 4.47 Å². The smallest absolute Gasteiger partial charge is 0.293 e. The van der Waals surface area contributed by atoms with Crippen molar-refractivity contribution in [1.29, 1.82) is 5.26 Å². The van der Waals surface area contributed by atoms with E-state index in [9.17, 15) is 14.9 Å². The van der Waals surface area contributed by atoms with Crippen LogP contribution in [0.15, 0.2) is 45.8 Å². The Balaban J connectivity index is 1.90. The summed E-state index contributed by atoms with van der Waals surface area (Å²) in [5.41, 5.74) is 1.77. The number of amides is 2. The molecule has 0 aromatic heterocycles. The van der Waals surface area contributed by atoms with Crippen molar-refractivity contribution in [2.24, 2.45) is 0 Å². The molecule has 1 heterocycles. The third-order valence-electron chi connectivity index (χ3n) is 4.29. The Morgan fingerprint density at radius 3 is 2.47 bits per heavy atom. The maximum absolute atomic E-state index is 12.9. The summed E-state index contributed by atoms with van der Waals surface area (Å²) in [6.07, 6.45) is 1.66. The molecule has 2 amide bonds. The van der Waals surface area contributed by atoms with Crippen molar-refractivity contribution in [1.82, 2.24) is 4.90 Å². The van der Waals surface area contributed by atoms with Crippen LogP contribution in [0, 0.1) is 11.3 Å². The molecule has 0 aliphatic carbocycles. The lowest BCUT2D eigenvalue weighted by Crippen LogP contribution is -2.27. The van der Waals surface area contributed by atoms with Crippen molar-refractivity contribution in [2.45, 2.75) is 20.4 Å². The van der Waals surface area contributed by atoms with Gasteiger partial charge in [-0.2, -0.15) is 5.26 Å². The van der Waals surface area contributed by atoms with E-state index in [-0.39, 0.29) is 11.8 Å². The molecule has 0 atom stereocenters. The molecular formula is C22H19BrN2O4S. The average Bonchev–Trinajstić information content (AvgIpc) is 2.99. The summed E-state index contributed by atoms with van der Waals surface area (Å²) >= 11 is 4.37. The molecule has 1 aliphatic heterocycles. The van der Waals surface area contributed by atoms with Crippen molar-refractivity contribution >= 4 is 44.9 Å². The van der Waals surface area contributed by atoms with Crippen LogP contribution in [0.25, 0.3) is 6.08 Å². The first kappa shape index (κ1) is 21.9. The van der Waals surface area contributed by atoms with Gasteiger partial charge in [0.05, 0.1) is 36.3 Å². The fourth-order valence-electron chi connectivity index (χ4n) is 2.91. The van der Waals surface area contributed by atoms with E-state index in [1.807, 2.05) is 13.8 Å². The number of ether oxygens (including phenoxy) is 2. The number of benzene rings is 2. The lowest BCUT2D eigenvalue weighted by molar-refractivity contribution is -0.123. The SMILES string of the molecule is CCOc1cc(Br)c(/C=C2/SC(=O)N(Cc3ccccc3C#N)C2=O)cc1OCC. The summed E-state index contributed by atoms with van der Waals surface area (Å²) in [5.74, 6) is 0.775. The molecule has 6 nitrogen and oxygen atoms in total. The van der Waals surface area contributed by atoms with Gasteiger partial charge in [-0.3, -0.25) is 14.5 Å². The highest BCUT2D eigenvalue weighted by atomic mass is 79.9. The van der Waals surface area contributed by atoms with Crippen molar-refractivity contribution in [3.63, 3.8) is 0 Å². The van der Waals surface area contributed by atoms with E-state index >= 15 is 0 Å². The van der Waals surface area contributed by atoms with E-state index in [2.05, 4.69) is 22.0 Å². The Morgan fingerprint density at radius 2 is 1.80 bits per heavy atom.